The highest BCUT2D eigenvalue weighted by atomic mass is 32.1. The van der Waals surface area contributed by atoms with Gasteiger partial charge in [0, 0.05) is 29.2 Å². The number of hydrogen-bond donors (Lipinski definition) is 0. The lowest BCUT2D eigenvalue weighted by molar-refractivity contribution is -0.384. The van der Waals surface area contributed by atoms with E-state index in [1.165, 1.54) is 23.5 Å². The molecular weight excluding hydrogens is 394 g/mol. The molecule has 0 saturated carbocycles. The molecule has 0 fully saturated rings. The molecular formula is C20H11N3O3S2. The Bertz CT molecular complexity index is 1200. The fraction of sp³-hybridized carbons (Fsp3) is 0. The molecule has 0 spiro atoms. The van der Waals surface area contributed by atoms with E-state index in [-0.39, 0.29) is 5.69 Å². The third-order valence-corrected chi connectivity index (χ3v) is 5.67. The van der Waals surface area contributed by atoms with Crippen LogP contribution in [0.2, 0.25) is 0 Å². The Labute approximate surface area is 167 Å². The molecule has 0 N–H and O–H groups in total. The van der Waals surface area contributed by atoms with Gasteiger partial charge in [-0.15, -0.1) is 22.7 Å². The van der Waals surface area contributed by atoms with Crippen LogP contribution in [0.5, 0.6) is 0 Å². The Kier molecular flexibility index (Phi) is 4.85. The highest BCUT2D eigenvalue weighted by molar-refractivity contribution is 7.14. The molecule has 0 aliphatic carbocycles. The van der Waals surface area contributed by atoms with Gasteiger partial charge < -0.3 is 4.42 Å². The molecule has 0 bridgehead atoms. The van der Waals surface area contributed by atoms with Gasteiger partial charge in [-0.25, -0.2) is 4.98 Å². The maximum absolute atomic E-state index is 10.8. The average Bonchev–Trinajstić information content (AvgIpc) is 3.47. The number of non-ortho nitro benzene ring substituents is 1. The minimum Gasteiger partial charge on any atom is -0.457 e. The number of thiophene rings is 1. The van der Waals surface area contributed by atoms with Crippen molar-refractivity contribution in [3.63, 3.8) is 0 Å². The first-order valence-corrected chi connectivity index (χ1v) is 9.86. The van der Waals surface area contributed by atoms with E-state index in [0.717, 1.165) is 16.1 Å². The van der Waals surface area contributed by atoms with Gasteiger partial charge >= 0.3 is 0 Å². The van der Waals surface area contributed by atoms with Crippen LogP contribution in [0.15, 0.2) is 63.7 Å². The number of nitriles is 1. The van der Waals surface area contributed by atoms with Crippen LogP contribution in [0, 0.1) is 21.4 Å². The quantitative estimate of drug-likeness (QED) is 0.227. The van der Waals surface area contributed by atoms with Crippen molar-refractivity contribution >= 4 is 40.0 Å². The van der Waals surface area contributed by atoms with Crippen molar-refractivity contribution in [3.8, 4) is 28.0 Å². The molecule has 0 amide bonds. The van der Waals surface area contributed by atoms with Crippen LogP contribution >= 0.6 is 22.7 Å². The molecule has 0 unspecified atom stereocenters. The van der Waals surface area contributed by atoms with Gasteiger partial charge in [0.25, 0.3) is 5.69 Å². The number of allylic oxidation sites excluding steroid dienone is 1. The van der Waals surface area contributed by atoms with E-state index in [9.17, 15) is 15.4 Å². The zero-order chi connectivity index (χ0) is 19.5. The summed E-state index contributed by atoms with van der Waals surface area (Å²) < 4.78 is 5.78. The Morgan fingerprint density at radius 2 is 2.00 bits per heavy atom. The number of nitro benzene ring substituents is 1. The number of nitro groups is 1. The van der Waals surface area contributed by atoms with Crippen LogP contribution in [0.25, 0.3) is 33.5 Å². The second-order valence-corrected chi connectivity index (χ2v) is 7.50. The average molecular weight is 405 g/mol. The molecule has 3 aromatic heterocycles. The summed E-state index contributed by atoms with van der Waals surface area (Å²) in [5.41, 5.74) is 2.00. The second-order valence-electron chi connectivity index (χ2n) is 5.69. The Morgan fingerprint density at radius 1 is 1.18 bits per heavy atom. The SMILES string of the molecule is N#C/C(=C\c1ccc(-c2ccc([N+](=O)[O-])cc2)o1)c1nc(-c2cccs2)cs1. The van der Waals surface area contributed by atoms with Gasteiger partial charge in [-0.3, -0.25) is 10.1 Å². The zero-order valence-corrected chi connectivity index (χ0v) is 15.9. The maximum atomic E-state index is 10.8. The fourth-order valence-electron chi connectivity index (χ4n) is 2.55. The predicted octanol–water partition coefficient (Wildman–Crippen LogP) is 6.10. The van der Waals surface area contributed by atoms with Crippen molar-refractivity contribution in [3.05, 3.63) is 80.2 Å². The number of benzene rings is 1. The van der Waals surface area contributed by atoms with Gasteiger partial charge in [0.15, 0.2) is 0 Å². The lowest BCUT2D eigenvalue weighted by Crippen LogP contribution is -1.86. The summed E-state index contributed by atoms with van der Waals surface area (Å²) in [7, 11) is 0. The monoisotopic (exact) mass is 405 g/mol. The van der Waals surface area contributed by atoms with Crippen molar-refractivity contribution in [1.29, 1.82) is 5.26 Å². The van der Waals surface area contributed by atoms with Gasteiger partial charge in [-0.05, 0) is 35.7 Å². The van der Waals surface area contributed by atoms with Crippen molar-refractivity contribution in [2.24, 2.45) is 0 Å². The molecule has 6 nitrogen and oxygen atoms in total. The first-order valence-electron chi connectivity index (χ1n) is 8.10. The molecule has 28 heavy (non-hydrogen) atoms. The first kappa shape index (κ1) is 17.9. The molecule has 0 radical (unpaired) electrons. The summed E-state index contributed by atoms with van der Waals surface area (Å²) in [5.74, 6) is 1.08. The van der Waals surface area contributed by atoms with Crippen LogP contribution in [-0.2, 0) is 0 Å². The highest BCUT2D eigenvalue weighted by Crippen LogP contribution is 2.31. The van der Waals surface area contributed by atoms with Crippen molar-refractivity contribution < 1.29 is 9.34 Å². The van der Waals surface area contributed by atoms with Crippen molar-refractivity contribution in [1.82, 2.24) is 4.98 Å². The van der Waals surface area contributed by atoms with Crippen molar-refractivity contribution in [2.75, 3.05) is 0 Å². The molecule has 0 aliphatic rings. The van der Waals surface area contributed by atoms with Crippen LogP contribution < -0.4 is 0 Å². The van der Waals surface area contributed by atoms with E-state index in [4.69, 9.17) is 4.42 Å². The number of nitrogens with zero attached hydrogens (tertiary/aromatic N) is 3. The molecule has 1 aromatic carbocycles. The smallest absolute Gasteiger partial charge is 0.269 e. The summed E-state index contributed by atoms with van der Waals surface area (Å²) in [4.78, 5) is 15.9. The number of aromatic nitrogens is 1. The summed E-state index contributed by atoms with van der Waals surface area (Å²) in [5, 5.41) is 24.8. The van der Waals surface area contributed by atoms with Gasteiger partial charge in [0.1, 0.15) is 22.6 Å². The summed E-state index contributed by atoms with van der Waals surface area (Å²) >= 11 is 3.00. The van der Waals surface area contributed by atoms with E-state index in [2.05, 4.69) is 11.1 Å². The van der Waals surface area contributed by atoms with Crippen LogP contribution in [0.1, 0.15) is 10.8 Å². The normalized spacial score (nSPS) is 11.3. The standard InChI is InChI=1S/C20H11N3O3S2/c21-11-14(20-22-17(12-28-20)19-2-1-9-27-19)10-16-7-8-18(26-16)13-3-5-15(6-4-13)23(24)25/h1-10,12H/b14-10+. The van der Waals surface area contributed by atoms with Gasteiger partial charge in [-0.2, -0.15) is 5.26 Å². The molecule has 0 saturated heterocycles. The van der Waals surface area contributed by atoms with Crippen molar-refractivity contribution in [2.45, 2.75) is 0 Å². The minimum atomic E-state index is -0.447. The lowest BCUT2D eigenvalue weighted by Gasteiger charge is -1.97. The molecule has 4 rings (SSSR count). The van der Waals surface area contributed by atoms with E-state index in [0.29, 0.717) is 22.1 Å². The van der Waals surface area contributed by atoms with E-state index >= 15 is 0 Å². The number of hydrogen-bond acceptors (Lipinski definition) is 7. The van der Waals surface area contributed by atoms with Crippen LogP contribution in [0.4, 0.5) is 5.69 Å². The molecule has 0 aliphatic heterocycles. The summed E-state index contributed by atoms with van der Waals surface area (Å²) in [6, 6.07) is 15.7. The highest BCUT2D eigenvalue weighted by Gasteiger charge is 2.12. The second kappa shape index (κ2) is 7.60. The third-order valence-electron chi connectivity index (χ3n) is 3.90. The summed E-state index contributed by atoms with van der Waals surface area (Å²) in [6.07, 6.45) is 1.64. The fourth-order valence-corrected chi connectivity index (χ4v) is 4.10. The molecule has 4 aromatic rings. The van der Waals surface area contributed by atoms with E-state index in [1.807, 2.05) is 22.9 Å². The number of thiazole rings is 1. The topological polar surface area (TPSA) is 93.0 Å². The van der Waals surface area contributed by atoms with Crippen LogP contribution in [0.3, 0.4) is 0 Å². The first-order chi connectivity index (χ1) is 13.6. The maximum Gasteiger partial charge on any atom is 0.269 e. The minimum absolute atomic E-state index is 0.0208. The largest absolute Gasteiger partial charge is 0.457 e. The number of rotatable bonds is 5. The predicted molar refractivity (Wildman–Crippen MR) is 110 cm³/mol. The molecule has 0 atom stereocenters. The Hall–Kier alpha value is -3.54. The Morgan fingerprint density at radius 3 is 2.68 bits per heavy atom. The molecule has 136 valence electrons. The van der Waals surface area contributed by atoms with Crippen LogP contribution in [-0.4, -0.2) is 9.91 Å². The molecule has 3 heterocycles. The van der Waals surface area contributed by atoms with E-state index in [1.54, 1.807) is 41.7 Å². The van der Waals surface area contributed by atoms with Gasteiger partial charge in [-0.1, -0.05) is 6.07 Å². The zero-order valence-electron chi connectivity index (χ0n) is 14.2. The van der Waals surface area contributed by atoms with Gasteiger partial charge in [0.05, 0.1) is 21.1 Å². The lowest BCUT2D eigenvalue weighted by atomic mass is 10.1. The van der Waals surface area contributed by atoms with Gasteiger partial charge in [0.2, 0.25) is 0 Å². The number of furan rings is 1. The van der Waals surface area contributed by atoms with E-state index < -0.39 is 4.92 Å². The third kappa shape index (κ3) is 3.62. The Balaban J connectivity index is 1.60. The summed E-state index contributed by atoms with van der Waals surface area (Å²) in [6.45, 7) is 0. The molecule has 8 heteroatoms.